The molecule has 3 rings (SSSR count). The molecule has 2 heterocycles. The number of aliphatic hydroxyl groups excluding tert-OH is 1. The molecule has 0 saturated heterocycles. The Morgan fingerprint density at radius 1 is 1.32 bits per heavy atom. The summed E-state index contributed by atoms with van der Waals surface area (Å²) in [6.07, 6.45) is 0. The van der Waals surface area contributed by atoms with Gasteiger partial charge in [0.05, 0.1) is 38.3 Å². The molecule has 0 aliphatic carbocycles. The molecule has 0 radical (unpaired) electrons. The molecule has 0 saturated carbocycles. The number of aromatic nitrogens is 2. The number of carbonyl (C=O) groups is 1. The number of ketones is 1. The molecule has 0 atom stereocenters. The number of anilines is 2. The van der Waals surface area contributed by atoms with Crippen LogP contribution < -0.4 is 11.1 Å². The van der Waals surface area contributed by atoms with E-state index in [0.717, 1.165) is 0 Å². The zero-order valence-electron chi connectivity index (χ0n) is 13.1. The molecule has 0 aliphatic rings. The second-order valence-electron chi connectivity index (χ2n) is 5.26. The summed E-state index contributed by atoms with van der Waals surface area (Å²) in [6.45, 7) is 1.69. The van der Waals surface area contributed by atoms with Crippen LogP contribution in [0.25, 0.3) is 21.5 Å². The van der Waals surface area contributed by atoms with Crippen LogP contribution in [0.5, 0.6) is 0 Å². The van der Waals surface area contributed by atoms with Crippen LogP contribution in [0, 0.1) is 0 Å². The topological polar surface area (TPSA) is 101 Å². The van der Waals surface area contributed by atoms with Crippen molar-refractivity contribution in [1.82, 2.24) is 9.97 Å². The van der Waals surface area contributed by atoms with E-state index in [0.29, 0.717) is 54.6 Å². The Hall–Kier alpha value is -1.93. The summed E-state index contributed by atoms with van der Waals surface area (Å²) in [5.41, 5.74) is 7.78. The van der Waals surface area contributed by atoms with Gasteiger partial charge in [0.1, 0.15) is 4.83 Å². The number of hydrogen-bond acceptors (Lipinski definition) is 7. The fourth-order valence-electron chi connectivity index (χ4n) is 2.38. The van der Waals surface area contributed by atoms with Crippen molar-refractivity contribution in [2.45, 2.75) is 6.92 Å². The first-order chi connectivity index (χ1) is 11.9. The first-order valence-corrected chi connectivity index (χ1v) is 8.90. The lowest BCUT2D eigenvalue weighted by Crippen LogP contribution is -2.09. The minimum absolute atomic E-state index is 0.0607. The third-order valence-corrected chi connectivity index (χ3v) is 5.44. The molecule has 6 nitrogen and oxygen atoms in total. The molecule has 1 aromatic carbocycles. The second kappa shape index (κ2) is 7.13. The normalized spacial score (nSPS) is 11.0. The Labute approximate surface area is 157 Å². The molecule has 0 bridgehead atoms. The maximum absolute atomic E-state index is 11.8. The van der Waals surface area contributed by atoms with Crippen LogP contribution >= 0.6 is 34.5 Å². The van der Waals surface area contributed by atoms with E-state index in [-0.39, 0.29) is 12.4 Å². The highest BCUT2D eigenvalue weighted by atomic mass is 35.5. The number of rotatable bonds is 5. The molecular weight excluding hydrogens is 383 g/mol. The van der Waals surface area contributed by atoms with Crippen molar-refractivity contribution in [2.75, 3.05) is 24.2 Å². The summed E-state index contributed by atoms with van der Waals surface area (Å²) in [7, 11) is 0. The third kappa shape index (κ3) is 3.41. The first-order valence-electron chi connectivity index (χ1n) is 7.33. The van der Waals surface area contributed by atoms with Crippen LogP contribution in [0.1, 0.15) is 16.6 Å². The van der Waals surface area contributed by atoms with Gasteiger partial charge in [-0.25, -0.2) is 9.97 Å². The Morgan fingerprint density at radius 2 is 2.08 bits per heavy atom. The summed E-state index contributed by atoms with van der Waals surface area (Å²) in [6, 6.07) is 5.13. The smallest absolute Gasteiger partial charge is 0.224 e. The van der Waals surface area contributed by atoms with E-state index < -0.39 is 0 Å². The van der Waals surface area contributed by atoms with E-state index in [1.54, 1.807) is 18.2 Å². The first kappa shape index (κ1) is 17.9. The van der Waals surface area contributed by atoms with Gasteiger partial charge in [0.25, 0.3) is 0 Å². The van der Waals surface area contributed by atoms with Gasteiger partial charge in [-0.15, -0.1) is 11.3 Å². The van der Waals surface area contributed by atoms with E-state index in [1.807, 2.05) is 0 Å². The average Bonchev–Trinajstić information content (AvgIpc) is 2.92. The summed E-state index contributed by atoms with van der Waals surface area (Å²) in [5.74, 6) is 0.199. The van der Waals surface area contributed by atoms with E-state index in [4.69, 9.17) is 34.0 Å². The molecule has 2 aromatic heterocycles. The lowest BCUT2D eigenvalue weighted by Gasteiger charge is -2.09. The number of carbonyl (C=O) groups excluding carboxylic acids is 1. The highest BCUT2D eigenvalue weighted by Crippen LogP contribution is 2.40. The van der Waals surface area contributed by atoms with Crippen molar-refractivity contribution in [3.8, 4) is 11.3 Å². The highest BCUT2D eigenvalue weighted by Gasteiger charge is 2.20. The zero-order chi connectivity index (χ0) is 18.1. The molecular formula is C16H14Cl2N4O2S. The van der Waals surface area contributed by atoms with Crippen LogP contribution in [0.3, 0.4) is 0 Å². The van der Waals surface area contributed by atoms with Crippen molar-refractivity contribution in [3.63, 3.8) is 0 Å². The van der Waals surface area contributed by atoms with Gasteiger partial charge in [0, 0.05) is 19.0 Å². The number of thiophene rings is 1. The lowest BCUT2D eigenvalue weighted by atomic mass is 10.1. The number of nitrogens with zero attached hydrogens (tertiary/aromatic N) is 2. The molecule has 0 spiro atoms. The van der Waals surface area contributed by atoms with Crippen molar-refractivity contribution in [1.29, 1.82) is 0 Å². The van der Waals surface area contributed by atoms with E-state index in [2.05, 4.69) is 15.3 Å². The molecule has 25 heavy (non-hydrogen) atoms. The van der Waals surface area contributed by atoms with Crippen LogP contribution in [0.4, 0.5) is 11.6 Å². The molecule has 0 amide bonds. The van der Waals surface area contributed by atoms with Gasteiger partial charge in [-0.2, -0.15) is 0 Å². The van der Waals surface area contributed by atoms with Gasteiger partial charge in [-0.1, -0.05) is 29.3 Å². The Morgan fingerprint density at radius 3 is 2.72 bits per heavy atom. The van der Waals surface area contributed by atoms with E-state index >= 15 is 0 Å². The van der Waals surface area contributed by atoms with Crippen molar-refractivity contribution >= 4 is 62.2 Å². The molecule has 0 fully saturated rings. The monoisotopic (exact) mass is 396 g/mol. The molecule has 3 aromatic rings. The van der Waals surface area contributed by atoms with Gasteiger partial charge in [0.15, 0.2) is 5.78 Å². The summed E-state index contributed by atoms with van der Waals surface area (Å²) in [4.78, 5) is 21.7. The minimum Gasteiger partial charge on any atom is -0.397 e. The van der Waals surface area contributed by atoms with Gasteiger partial charge in [-0.05, 0) is 12.1 Å². The van der Waals surface area contributed by atoms with Gasteiger partial charge >= 0.3 is 0 Å². The number of nitrogens with two attached hydrogens (primary N) is 1. The number of fused-ring (bicyclic) bond motifs is 1. The van der Waals surface area contributed by atoms with Gasteiger partial charge < -0.3 is 16.2 Å². The predicted molar refractivity (Wildman–Crippen MR) is 103 cm³/mol. The molecule has 4 N–H and O–H groups in total. The number of hydrogen-bond donors (Lipinski definition) is 3. The number of benzene rings is 1. The SMILES string of the molecule is CC(=O)c1sc2nc(NCCO)nc(-c3ccc(Cl)c(Cl)c3)c2c1N. The standard InChI is InChI=1S/C16H14Cl2N4O2S/c1-7(24)14-12(19)11-13(8-2-3-9(17)10(18)6-8)21-16(20-4-5-23)22-15(11)25-14/h2-3,6,23H,4-5,19H2,1H3,(H,20,21,22). The second-order valence-corrected chi connectivity index (χ2v) is 7.07. The minimum atomic E-state index is -0.134. The number of halogens is 2. The average molecular weight is 397 g/mol. The van der Waals surface area contributed by atoms with E-state index in [9.17, 15) is 4.79 Å². The summed E-state index contributed by atoms with van der Waals surface area (Å²) < 4.78 is 0. The lowest BCUT2D eigenvalue weighted by molar-refractivity contribution is 0.102. The fourth-order valence-corrected chi connectivity index (χ4v) is 3.67. The fraction of sp³-hybridized carbons (Fsp3) is 0.188. The van der Waals surface area contributed by atoms with E-state index in [1.165, 1.54) is 18.3 Å². The van der Waals surface area contributed by atoms with Gasteiger partial charge in [-0.3, -0.25) is 4.79 Å². The quantitative estimate of drug-likeness (QED) is 0.566. The Kier molecular flexibility index (Phi) is 5.10. The van der Waals surface area contributed by atoms with Crippen molar-refractivity contribution in [3.05, 3.63) is 33.1 Å². The zero-order valence-corrected chi connectivity index (χ0v) is 15.5. The largest absolute Gasteiger partial charge is 0.397 e. The predicted octanol–water partition coefficient (Wildman–Crippen LogP) is 3.85. The maximum atomic E-state index is 11.8. The number of nitrogens with one attached hydrogen (secondary N) is 1. The van der Waals surface area contributed by atoms with Crippen LogP contribution in [-0.4, -0.2) is 34.0 Å². The maximum Gasteiger partial charge on any atom is 0.224 e. The number of nitrogen functional groups attached to an aromatic ring is 1. The molecule has 0 unspecified atom stereocenters. The number of aliphatic hydroxyl groups is 1. The van der Waals surface area contributed by atoms with Crippen LogP contribution in [0.15, 0.2) is 18.2 Å². The van der Waals surface area contributed by atoms with Crippen molar-refractivity contribution in [2.24, 2.45) is 0 Å². The molecule has 130 valence electrons. The summed E-state index contributed by atoms with van der Waals surface area (Å²) >= 11 is 13.3. The molecule has 9 heteroatoms. The highest BCUT2D eigenvalue weighted by molar-refractivity contribution is 7.21. The van der Waals surface area contributed by atoms with Gasteiger partial charge in [0.2, 0.25) is 5.95 Å². The summed E-state index contributed by atoms with van der Waals surface area (Å²) in [5, 5.41) is 13.3. The Balaban J connectivity index is 2.29. The third-order valence-electron chi connectivity index (χ3n) is 3.50. The number of Topliss-reactive ketones (excluding diaryl/α,β-unsaturated/α-hetero) is 1. The van der Waals surface area contributed by atoms with Crippen LogP contribution in [-0.2, 0) is 0 Å². The van der Waals surface area contributed by atoms with Crippen LogP contribution in [0.2, 0.25) is 10.0 Å². The van der Waals surface area contributed by atoms with Crippen molar-refractivity contribution < 1.29 is 9.90 Å². The Bertz CT molecular complexity index is 974. The molecule has 0 aliphatic heterocycles.